The fraction of sp³-hybridized carbons (Fsp3) is 0.0323. The number of ether oxygens (including phenoxy) is 1. The second-order valence-corrected chi connectivity index (χ2v) is 17.8. The molecule has 5 heterocycles. The second-order valence-electron chi connectivity index (χ2n) is 17.8. The van der Waals surface area contributed by atoms with Gasteiger partial charge in [-0.1, -0.05) is 115 Å². The van der Waals surface area contributed by atoms with Gasteiger partial charge in [0.25, 0.3) is 0 Å². The fourth-order valence-corrected chi connectivity index (χ4v) is 10.8. The van der Waals surface area contributed by atoms with Crippen molar-refractivity contribution in [2.45, 2.75) is 6.92 Å². The van der Waals surface area contributed by atoms with Gasteiger partial charge in [-0.2, -0.15) is 18.8 Å². The molecule has 9 aromatic carbocycles. The monoisotopic (exact) mass is 1080 g/mol. The van der Waals surface area contributed by atoms with Gasteiger partial charge in [-0.25, -0.2) is 4.98 Å². The Morgan fingerprint density at radius 3 is 1.50 bits per heavy atom. The molecule has 1 aliphatic heterocycles. The quantitative estimate of drug-likeness (QED) is 0.149. The van der Waals surface area contributed by atoms with Crippen LogP contribution in [-0.4, -0.2) is 25.7 Å². The van der Waals surface area contributed by atoms with E-state index in [0.29, 0.717) is 11.5 Å². The Balaban J connectivity index is 0.00000480. The molecule has 0 fully saturated rings. The van der Waals surface area contributed by atoms with E-state index in [1.807, 2.05) is 18.2 Å². The summed E-state index contributed by atoms with van der Waals surface area (Å²) in [5.74, 6) is 1.99. The molecule has 338 valence electrons. The number of benzene rings is 9. The molecule has 4 aromatic heterocycles. The largest absolute Gasteiger partial charge is 0.509 e. The molecular formula is C62H41N6OPt-3. The predicted octanol–water partition coefficient (Wildman–Crippen LogP) is 15.4. The van der Waals surface area contributed by atoms with E-state index in [4.69, 9.17) is 9.72 Å². The molecule has 0 saturated carbocycles. The number of para-hydroxylation sites is 7. The molecule has 0 spiro atoms. The van der Waals surface area contributed by atoms with Gasteiger partial charge in [-0.3, -0.25) is 0 Å². The first-order chi connectivity index (χ1) is 34.1. The molecule has 7 nitrogen and oxygen atoms in total. The maximum atomic E-state index is 6.60. The van der Waals surface area contributed by atoms with Crippen LogP contribution in [-0.2, 0) is 21.1 Å². The third kappa shape index (κ3) is 6.35. The summed E-state index contributed by atoms with van der Waals surface area (Å²) in [5, 5.41) is 7.04. The number of aryl methyl sites for hydroxylation is 1. The molecule has 0 N–H and O–H groups in total. The van der Waals surface area contributed by atoms with Crippen LogP contribution in [0.4, 0.5) is 17.1 Å². The van der Waals surface area contributed by atoms with Gasteiger partial charge in [-0.15, -0.1) is 41.4 Å². The topological polar surface area (TPSA) is 43.4 Å². The molecule has 0 atom stereocenters. The van der Waals surface area contributed by atoms with Crippen LogP contribution < -0.4 is 14.5 Å². The van der Waals surface area contributed by atoms with Gasteiger partial charge in [-0.05, 0) is 85.6 Å². The number of anilines is 3. The average molecular weight is 1080 g/mol. The summed E-state index contributed by atoms with van der Waals surface area (Å²) in [6, 6.07) is 78.0. The Hall–Kier alpha value is -8.38. The van der Waals surface area contributed by atoms with E-state index in [1.165, 1.54) is 21.5 Å². The number of nitrogens with zero attached hydrogens (tertiary/aromatic N) is 6. The summed E-state index contributed by atoms with van der Waals surface area (Å²) in [6.07, 6.45) is 2.07. The van der Waals surface area contributed by atoms with Crippen molar-refractivity contribution in [2.75, 3.05) is 16.8 Å². The molecule has 0 saturated heterocycles. The molecule has 0 amide bonds. The van der Waals surface area contributed by atoms with Crippen molar-refractivity contribution in [3.63, 3.8) is 0 Å². The summed E-state index contributed by atoms with van der Waals surface area (Å²) in [5.41, 5.74) is 15.0. The fourth-order valence-electron chi connectivity index (χ4n) is 10.8. The van der Waals surface area contributed by atoms with Crippen molar-refractivity contribution >= 4 is 82.5 Å². The van der Waals surface area contributed by atoms with Gasteiger partial charge in [0.1, 0.15) is 5.82 Å². The van der Waals surface area contributed by atoms with Crippen molar-refractivity contribution < 1.29 is 25.8 Å². The molecule has 70 heavy (non-hydrogen) atoms. The van der Waals surface area contributed by atoms with Crippen LogP contribution in [0.3, 0.4) is 0 Å². The van der Waals surface area contributed by atoms with E-state index in [9.17, 15) is 0 Å². The first-order valence-electron chi connectivity index (χ1n) is 23.3. The minimum Gasteiger partial charge on any atom is -0.509 e. The number of pyridine rings is 1. The Morgan fingerprint density at radius 2 is 0.929 bits per heavy atom. The summed E-state index contributed by atoms with van der Waals surface area (Å²) in [6.45, 7) is 4.28. The van der Waals surface area contributed by atoms with Crippen LogP contribution in [0.25, 0.3) is 93.7 Å². The SMILES string of the molecule is Cc1cc(-n2c3[c-]c(Oc4[c-]c(N5[CH-]N(C)c6ccccc65)ccc4)ccc3c3ccccc32)ncc1-c1c(-n2c3ccccc3c3ccccc32)cccc1-n1c2ccccc2c2ccccc21.[Pt]. The number of fused-ring (bicyclic) bond motifs is 10. The Kier molecular flexibility index (Phi) is 9.79. The van der Waals surface area contributed by atoms with Gasteiger partial charge in [0.05, 0.1) is 33.4 Å². The zero-order chi connectivity index (χ0) is 45.7. The van der Waals surface area contributed by atoms with Gasteiger partial charge < -0.3 is 28.2 Å². The van der Waals surface area contributed by atoms with Crippen molar-refractivity contribution in [2.24, 2.45) is 0 Å². The molecule has 0 aliphatic carbocycles. The maximum absolute atomic E-state index is 6.60. The molecule has 0 radical (unpaired) electrons. The first kappa shape index (κ1) is 41.8. The number of hydrogen-bond donors (Lipinski definition) is 0. The van der Waals surface area contributed by atoms with E-state index in [1.54, 1.807) is 0 Å². The Bertz CT molecular complexity index is 3980. The van der Waals surface area contributed by atoms with Crippen molar-refractivity contribution in [1.82, 2.24) is 18.7 Å². The van der Waals surface area contributed by atoms with Crippen molar-refractivity contribution in [3.8, 4) is 39.8 Å². The molecule has 8 heteroatoms. The minimum atomic E-state index is 0. The summed E-state index contributed by atoms with van der Waals surface area (Å²) >= 11 is 0. The van der Waals surface area contributed by atoms with Crippen molar-refractivity contribution in [3.05, 3.63) is 231 Å². The van der Waals surface area contributed by atoms with Crippen LogP contribution in [0.1, 0.15) is 5.56 Å². The summed E-state index contributed by atoms with van der Waals surface area (Å²) < 4.78 is 13.7. The summed E-state index contributed by atoms with van der Waals surface area (Å²) in [7, 11) is 2.06. The number of aromatic nitrogens is 4. The van der Waals surface area contributed by atoms with Crippen LogP contribution >= 0.6 is 0 Å². The number of hydrogen-bond acceptors (Lipinski definition) is 4. The van der Waals surface area contributed by atoms with Crippen LogP contribution in [0.2, 0.25) is 0 Å². The third-order valence-corrected chi connectivity index (χ3v) is 13.9. The van der Waals surface area contributed by atoms with Gasteiger partial charge in [0.15, 0.2) is 0 Å². The van der Waals surface area contributed by atoms with E-state index < -0.39 is 0 Å². The summed E-state index contributed by atoms with van der Waals surface area (Å²) in [4.78, 5) is 9.67. The van der Waals surface area contributed by atoms with Crippen molar-refractivity contribution in [1.29, 1.82) is 0 Å². The molecule has 13 aromatic rings. The molecule has 14 rings (SSSR count). The first-order valence-corrected chi connectivity index (χ1v) is 23.3. The Labute approximate surface area is 418 Å². The number of rotatable bonds is 7. The van der Waals surface area contributed by atoms with Gasteiger partial charge in [0.2, 0.25) is 0 Å². The smallest absolute Gasteiger partial charge is 0.135 e. The van der Waals surface area contributed by atoms with Gasteiger partial charge in [0, 0.05) is 88.3 Å². The molecular weight excluding hydrogens is 1040 g/mol. The zero-order valence-corrected chi connectivity index (χ0v) is 40.4. The van der Waals surface area contributed by atoms with Crippen LogP contribution in [0.5, 0.6) is 11.5 Å². The second kappa shape index (κ2) is 16.4. The minimum absolute atomic E-state index is 0. The normalized spacial score (nSPS) is 12.5. The van der Waals surface area contributed by atoms with E-state index in [2.05, 4.69) is 244 Å². The third-order valence-electron chi connectivity index (χ3n) is 13.9. The molecule has 0 bridgehead atoms. The maximum Gasteiger partial charge on any atom is 0.135 e. The van der Waals surface area contributed by atoms with Gasteiger partial charge >= 0.3 is 0 Å². The van der Waals surface area contributed by atoms with E-state index >= 15 is 0 Å². The van der Waals surface area contributed by atoms with E-state index in [0.717, 1.165) is 94.8 Å². The standard InChI is InChI=1S/C62H41N6O.Pt/c1-40-35-61(68-55-28-12-7-23-48(55)49-34-33-43(37-60(49)68)69-42-18-15-17-41(36-42)65-39-64(2)56-29-13-14-30-57(56)65)63-38-50(40)62-58(66-51-24-8-3-19-44(51)45-20-4-9-25-52(45)66)31-16-32-59(62)67-53-26-10-5-21-46(53)47-22-6-11-27-54(47)67;/h3-35,38-39H,1-2H3;/q-3;. The predicted molar refractivity (Wildman–Crippen MR) is 283 cm³/mol. The van der Waals surface area contributed by atoms with Crippen LogP contribution in [0.15, 0.2) is 206 Å². The molecule has 0 unspecified atom stereocenters. The van der Waals surface area contributed by atoms with Crippen LogP contribution in [0, 0.1) is 25.7 Å². The zero-order valence-electron chi connectivity index (χ0n) is 38.1. The molecule has 1 aliphatic rings. The Morgan fingerprint density at radius 1 is 0.457 bits per heavy atom. The average Bonchev–Trinajstić information content (AvgIpc) is 4.12. The van der Waals surface area contributed by atoms with E-state index in [-0.39, 0.29) is 21.1 Å².